The number of anilines is 2. The van der Waals surface area contributed by atoms with Gasteiger partial charge in [0.05, 0.1) is 23.5 Å². The van der Waals surface area contributed by atoms with E-state index in [1.807, 2.05) is 0 Å². The van der Waals surface area contributed by atoms with Gasteiger partial charge in [-0.15, -0.1) is 0 Å². The van der Waals surface area contributed by atoms with Gasteiger partial charge in [0, 0.05) is 19.2 Å². The van der Waals surface area contributed by atoms with Crippen molar-refractivity contribution < 1.29 is 19.0 Å². The fraction of sp³-hybridized carbons (Fsp3) is 0.406. The van der Waals surface area contributed by atoms with E-state index in [4.69, 9.17) is 4.74 Å². The van der Waals surface area contributed by atoms with Gasteiger partial charge in [0.15, 0.2) is 0 Å². The first kappa shape index (κ1) is 26.1. The van der Waals surface area contributed by atoms with E-state index in [9.17, 15) is 14.3 Å². The van der Waals surface area contributed by atoms with E-state index in [-0.39, 0.29) is 11.4 Å². The van der Waals surface area contributed by atoms with E-state index in [1.165, 1.54) is 43.0 Å². The van der Waals surface area contributed by atoms with Gasteiger partial charge in [-0.3, -0.25) is 4.79 Å². The molecule has 1 saturated heterocycles. The number of aromatic hydroxyl groups is 1. The van der Waals surface area contributed by atoms with Crippen LogP contribution in [0.15, 0.2) is 66.7 Å². The molecule has 0 spiro atoms. The highest BCUT2D eigenvalue weighted by molar-refractivity contribution is 6.08. The Morgan fingerprint density at radius 3 is 2.68 bits per heavy atom. The highest BCUT2D eigenvalue weighted by Gasteiger charge is 2.31. The smallest absolute Gasteiger partial charge is 0.257 e. The summed E-state index contributed by atoms with van der Waals surface area (Å²) in [5, 5.41) is 12.9. The zero-order chi connectivity index (χ0) is 26.5. The number of ether oxygens (including phenoxy) is 1. The SMILES string of the molecule is CCC(c1cccc(OCC2CCCN(c3cc(O)ccc3C(=O)Nc3ccccc3F)CC2)c1)C1CC1. The molecule has 2 aliphatic rings. The Hall–Kier alpha value is -3.54. The van der Waals surface area contributed by atoms with Crippen LogP contribution in [0.5, 0.6) is 11.5 Å². The first-order valence-electron chi connectivity index (χ1n) is 13.9. The molecule has 2 fully saturated rings. The van der Waals surface area contributed by atoms with Crippen molar-refractivity contribution in [2.75, 3.05) is 29.9 Å². The van der Waals surface area contributed by atoms with Crippen molar-refractivity contribution in [2.45, 2.75) is 51.4 Å². The lowest BCUT2D eigenvalue weighted by Crippen LogP contribution is -2.27. The fourth-order valence-electron chi connectivity index (χ4n) is 5.69. The number of amides is 1. The van der Waals surface area contributed by atoms with Crippen molar-refractivity contribution >= 4 is 17.3 Å². The number of para-hydroxylation sites is 1. The predicted octanol–water partition coefficient (Wildman–Crippen LogP) is 7.37. The van der Waals surface area contributed by atoms with E-state index >= 15 is 0 Å². The predicted molar refractivity (Wildman–Crippen MR) is 150 cm³/mol. The third-order valence-corrected chi connectivity index (χ3v) is 7.94. The highest BCUT2D eigenvalue weighted by Crippen LogP contribution is 2.45. The molecule has 1 aliphatic carbocycles. The second-order valence-corrected chi connectivity index (χ2v) is 10.7. The average molecular weight is 517 g/mol. The monoisotopic (exact) mass is 516 g/mol. The van der Waals surface area contributed by atoms with Gasteiger partial charge >= 0.3 is 0 Å². The molecular weight excluding hydrogens is 479 g/mol. The van der Waals surface area contributed by atoms with Crippen LogP contribution in [-0.2, 0) is 0 Å². The van der Waals surface area contributed by atoms with E-state index < -0.39 is 11.7 Å². The van der Waals surface area contributed by atoms with Gasteiger partial charge in [-0.1, -0.05) is 31.2 Å². The maximum Gasteiger partial charge on any atom is 0.257 e. The molecule has 5 rings (SSSR count). The van der Waals surface area contributed by atoms with Crippen LogP contribution < -0.4 is 15.0 Å². The van der Waals surface area contributed by atoms with Crippen LogP contribution in [0.4, 0.5) is 15.8 Å². The lowest BCUT2D eigenvalue weighted by molar-refractivity contribution is 0.102. The van der Waals surface area contributed by atoms with Gasteiger partial charge in [0.1, 0.15) is 17.3 Å². The summed E-state index contributed by atoms with van der Waals surface area (Å²) in [6, 6.07) is 19.5. The molecule has 1 heterocycles. The topological polar surface area (TPSA) is 61.8 Å². The lowest BCUT2D eigenvalue weighted by atomic mass is 9.92. The number of benzene rings is 3. The Bertz CT molecular complexity index is 1260. The maximum atomic E-state index is 14.1. The number of hydrogen-bond acceptors (Lipinski definition) is 4. The van der Waals surface area contributed by atoms with Crippen molar-refractivity contribution in [1.29, 1.82) is 0 Å². The van der Waals surface area contributed by atoms with Crippen LogP contribution in [0.1, 0.15) is 67.3 Å². The second-order valence-electron chi connectivity index (χ2n) is 10.7. The molecule has 3 aromatic rings. The number of nitrogens with one attached hydrogen (secondary N) is 1. The molecule has 0 bridgehead atoms. The van der Waals surface area contributed by atoms with Gasteiger partial charge in [-0.25, -0.2) is 4.39 Å². The highest BCUT2D eigenvalue weighted by atomic mass is 19.1. The molecule has 1 saturated carbocycles. The quantitative estimate of drug-likeness (QED) is 0.312. The summed E-state index contributed by atoms with van der Waals surface area (Å²) in [7, 11) is 0. The van der Waals surface area contributed by atoms with Crippen molar-refractivity contribution in [3.05, 3.63) is 83.7 Å². The first-order valence-corrected chi connectivity index (χ1v) is 13.9. The lowest BCUT2D eigenvalue weighted by Gasteiger charge is -2.25. The summed E-state index contributed by atoms with van der Waals surface area (Å²) in [6.45, 7) is 4.46. The van der Waals surface area contributed by atoms with Crippen LogP contribution in [0.2, 0.25) is 0 Å². The molecule has 200 valence electrons. The molecule has 1 amide bonds. The van der Waals surface area contributed by atoms with E-state index in [0.717, 1.165) is 44.0 Å². The number of phenols is 1. The van der Waals surface area contributed by atoms with Crippen LogP contribution in [0, 0.1) is 17.7 Å². The van der Waals surface area contributed by atoms with Crippen LogP contribution >= 0.6 is 0 Å². The average Bonchev–Trinajstić information content (AvgIpc) is 3.77. The van der Waals surface area contributed by atoms with Crippen molar-refractivity contribution in [1.82, 2.24) is 0 Å². The Morgan fingerprint density at radius 2 is 1.89 bits per heavy atom. The largest absolute Gasteiger partial charge is 0.508 e. The molecule has 38 heavy (non-hydrogen) atoms. The molecule has 0 radical (unpaired) electrons. The first-order chi connectivity index (χ1) is 18.5. The van der Waals surface area contributed by atoms with Crippen molar-refractivity contribution in [3.63, 3.8) is 0 Å². The molecule has 2 N–H and O–H groups in total. The minimum Gasteiger partial charge on any atom is -0.508 e. The normalized spacial score (nSPS) is 18.5. The van der Waals surface area contributed by atoms with E-state index in [1.54, 1.807) is 24.3 Å². The molecule has 1 aliphatic heterocycles. The van der Waals surface area contributed by atoms with Gasteiger partial charge < -0.3 is 20.1 Å². The Kier molecular flexibility index (Phi) is 8.16. The maximum absolute atomic E-state index is 14.1. The number of halogens is 1. The standard InChI is InChI=1S/C32H37FN2O3/c1-2-27(23-12-13-23)24-8-5-9-26(19-24)38-21-22-7-6-17-35(18-16-22)31-20-25(36)14-15-28(31)32(37)34-30-11-4-3-10-29(30)33/h3-5,8-11,14-15,19-20,22-23,27,36H,2,6-7,12-13,16-18,21H2,1H3,(H,34,37). The summed E-state index contributed by atoms with van der Waals surface area (Å²) < 4.78 is 20.4. The third kappa shape index (κ3) is 6.29. The summed E-state index contributed by atoms with van der Waals surface area (Å²) in [5.74, 6) is 2.04. The number of carbonyl (C=O) groups is 1. The molecule has 2 atom stereocenters. The van der Waals surface area contributed by atoms with Gasteiger partial charge in [-0.05, 0) is 98.2 Å². The van der Waals surface area contributed by atoms with Crippen LogP contribution in [0.3, 0.4) is 0 Å². The van der Waals surface area contributed by atoms with Gasteiger partial charge in [0.2, 0.25) is 0 Å². The Balaban J connectivity index is 1.22. The number of rotatable bonds is 9. The van der Waals surface area contributed by atoms with Gasteiger partial charge in [-0.2, -0.15) is 0 Å². The van der Waals surface area contributed by atoms with Gasteiger partial charge in [0.25, 0.3) is 5.91 Å². The summed E-state index contributed by atoms with van der Waals surface area (Å²) >= 11 is 0. The number of nitrogens with zero attached hydrogens (tertiary/aromatic N) is 1. The van der Waals surface area contributed by atoms with E-state index in [0.29, 0.717) is 29.7 Å². The molecule has 0 aromatic heterocycles. The number of carbonyl (C=O) groups excluding carboxylic acids is 1. The van der Waals surface area contributed by atoms with Crippen molar-refractivity contribution in [2.24, 2.45) is 11.8 Å². The Morgan fingerprint density at radius 1 is 1.05 bits per heavy atom. The molecule has 6 heteroatoms. The number of hydrogen-bond donors (Lipinski definition) is 2. The molecule has 3 aromatic carbocycles. The summed E-state index contributed by atoms with van der Waals surface area (Å²) in [4.78, 5) is 15.2. The van der Waals surface area contributed by atoms with Crippen LogP contribution in [0.25, 0.3) is 0 Å². The van der Waals surface area contributed by atoms with Crippen LogP contribution in [-0.4, -0.2) is 30.7 Å². The molecule has 2 unspecified atom stereocenters. The fourth-order valence-corrected chi connectivity index (χ4v) is 5.69. The Labute approximate surface area is 224 Å². The minimum atomic E-state index is -0.484. The molecule has 5 nitrogen and oxygen atoms in total. The molecular formula is C32H37FN2O3. The third-order valence-electron chi connectivity index (χ3n) is 7.94. The number of phenolic OH excluding ortho intramolecular Hbond substituents is 1. The summed E-state index contributed by atoms with van der Waals surface area (Å²) in [6.07, 6.45) is 6.76. The zero-order valence-corrected chi connectivity index (χ0v) is 22.0. The second kappa shape index (κ2) is 11.9. The minimum absolute atomic E-state index is 0.100. The van der Waals surface area contributed by atoms with E-state index in [2.05, 4.69) is 41.4 Å². The van der Waals surface area contributed by atoms with Crippen molar-refractivity contribution in [3.8, 4) is 11.5 Å². The summed E-state index contributed by atoms with van der Waals surface area (Å²) in [5.41, 5.74) is 2.61. The zero-order valence-electron chi connectivity index (χ0n) is 22.0.